The van der Waals surface area contributed by atoms with Crippen LogP contribution in [0.1, 0.15) is 42.8 Å². The summed E-state index contributed by atoms with van der Waals surface area (Å²) in [7, 11) is 1.77. The monoisotopic (exact) mass is 277 g/mol. The number of aryl methyl sites for hydroxylation is 1. The lowest BCUT2D eigenvalue weighted by atomic mass is 9.74. The van der Waals surface area contributed by atoms with E-state index in [-0.39, 0.29) is 5.91 Å². The fourth-order valence-electron chi connectivity index (χ4n) is 2.69. The summed E-state index contributed by atoms with van der Waals surface area (Å²) >= 11 is 1.58. The molecule has 0 saturated heterocycles. The first-order valence-electron chi connectivity index (χ1n) is 6.65. The minimum absolute atomic E-state index is 0.0413. The van der Waals surface area contributed by atoms with Crippen LogP contribution < -0.4 is 0 Å². The van der Waals surface area contributed by atoms with Gasteiger partial charge in [-0.15, -0.1) is 11.3 Å². The molecular formula is C14H19N3OS. The summed E-state index contributed by atoms with van der Waals surface area (Å²) < 4.78 is 0. The molecule has 0 N–H and O–H groups in total. The number of nitrogens with zero attached hydrogens (tertiary/aromatic N) is 3. The Labute approximate surface area is 118 Å². The highest BCUT2D eigenvalue weighted by Gasteiger charge is 2.41. The summed E-state index contributed by atoms with van der Waals surface area (Å²) in [5.74, 6) is -0.0413. The molecule has 0 aliphatic heterocycles. The lowest BCUT2D eigenvalue weighted by Gasteiger charge is -2.32. The Balaban J connectivity index is 2.07. The highest BCUT2D eigenvalue weighted by atomic mass is 32.1. The van der Waals surface area contributed by atoms with Crippen molar-refractivity contribution in [3.05, 3.63) is 16.1 Å². The van der Waals surface area contributed by atoms with E-state index >= 15 is 0 Å². The Hall–Kier alpha value is -1.41. The fraction of sp³-hybridized carbons (Fsp3) is 0.643. The first-order chi connectivity index (χ1) is 9.07. The standard InChI is InChI=1S/C14H19N3OS/c1-11-16-12(9-19-11)8-17(2)13(18)14(10-15)6-4-3-5-7-14/h9H,3-8H2,1-2H3. The first kappa shape index (κ1) is 14.0. The molecule has 0 radical (unpaired) electrons. The summed E-state index contributed by atoms with van der Waals surface area (Å²) in [6.07, 6.45) is 4.48. The van der Waals surface area contributed by atoms with Crippen LogP contribution >= 0.6 is 11.3 Å². The van der Waals surface area contributed by atoms with Gasteiger partial charge in [0, 0.05) is 12.4 Å². The van der Waals surface area contributed by atoms with Gasteiger partial charge in [0.25, 0.3) is 0 Å². The van der Waals surface area contributed by atoms with Crippen LogP contribution in [0.15, 0.2) is 5.38 Å². The van der Waals surface area contributed by atoms with E-state index in [4.69, 9.17) is 0 Å². The Morgan fingerprint density at radius 3 is 2.74 bits per heavy atom. The maximum atomic E-state index is 12.5. The zero-order chi connectivity index (χ0) is 13.9. The van der Waals surface area contributed by atoms with Crippen molar-refractivity contribution in [2.45, 2.75) is 45.6 Å². The normalized spacial score (nSPS) is 17.7. The summed E-state index contributed by atoms with van der Waals surface area (Å²) in [6, 6.07) is 2.28. The number of carbonyl (C=O) groups is 1. The molecular weight excluding hydrogens is 258 g/mol. The molecule has 0 atom stereocenters. The molecule has 1 fully saturated rings. The van der Waals surface area contributed by atoms with Gasteiger partial charge in [0.15, 0.2) is 0 Å². The second kappa shape index (κ2) is 5.70. The molecule has 1 aliphatic carbocycles. The number of aromatic nitrogens is 1. The Morgan fingerprint density at radius 2 is 2.21 bits per heavy atom. The number of nitriles is 1. The Bertz CT molecular complexity index is 497. The topological polar surface area (TPSA) is 57.0 Å². The van der Waals surface area contributed by atoms with Crippen LogP contribution in [0.4, 0.5) is 0 Å². The Morgan fingerprint density at radius 1 is 1.53 bits per heavy atom. The number of rotatable bonds is 3. The van der Waals surface area contributed by atoms with E-state index in [1.165, 1.54) is 0 Å². The molecule has 1 amide bonds. The van der Waals surface area contributed by atoms with E-state index in [1.807, 2.05) is 12.3 Å². The van der Waals surface area contributed by atoms with Crippen molar-refractivity contribution < 1.29 is 4.79 Å². The molecule has 2 rings (SSSR count). The maximum Gasteiger partial charge on any atom is 0.243 e. The minimum Gasteiger partial charge on any atom is -0.338 e. The molecule has 0 spiro atoms. The van der Waals surface area contributed by atoms with Gasteiger partial charge in [-0.3, -0.25) is 4.79 Å². The molecule has 1 aliphatic rings. The van der Waals surface area contributed by atoms with Crippen molar-refractivity contribution in [3.8, 4) is 6.07 Å². The number of carbonyl (C=O) groups excluding carboxylic acids is 1. The van der Waals surface area contributed by atoms with Gasteiger partial charge in [0.1, 0.15) is 5.41 Å². The van der Waals surface area contributed by atoms with Crippen molar-refractivity contribution >= 4 is 17.2 Å². The van der Waals surface area contributed by atoms with Gasteiger partial charge in [-0.1, -0.05) is 19.3 Å². The van der Waals surface area contributed by atoms with Crippen LogP contribution in [0.5, 0.6) is 0 Å². The van der Waals surface area contributed by atoms with Crippen LogP contribution in [0, 0.1) is 23.7 Å². The molecule has 0 aromatic carbocycles. The highest BCUT2D eigenvalue weighted by Crippen LogP contribution is 2.37. The van der Waals surface area contributed by atoms with Crippen molar-refractivity contribution in [1.29, 1.82) is 5.26 Å². The van der Waals surface area contributed by atoms with Crippen LogP contribution in [0.3, 0.4) is 0 Å². The van der Waals surface area contributed by atoms with Crippen molar-refractivity contribution in [3.63, 3.8) is 0 Å². The van der Waals surface area contributed by atoms with Crippen LogP contribution in [-0.4, -0.2) is 22.8 Å². The SMILES string of the molecule is Cc1nc(CN(C)C(=O)C2(C#N)CCCCC2)cs1. The van der Waals surface area contributed by atoms with Crippen LogP contribution in [0.2, 0.25) is 0 Å². The van der Waals surface area contributed by atoms with Gasteiger partial charge < -0.3 is 4.90 Å². The van der Waals surface area contributed by atoms with Gasteiger partial charge in [-0.05, 0) is 19.8 Å². The number of thiazole rings is 1. The molecule has 102 valence electrons. The second-order valence-electron chi connectivity index (χ2n) is 5.27. The van der Waals surface area contributed by atoms with Crippen molar-refractivity contribution in [1.82, 2.24) is 9.88 Å². The summed E-state index contributed by atoms with van der Waals surface area (Å²) in [5.41, 5.74) is 0.111. The average molecular weight is 277 g/mol. The summed E-state index contributed by atoms with van der Waals surface area (Å²) in [5, 5.41) is 12.4. The maximum absolute atomic E-state index is 12.5. The molecule has 1 aromatic rings. The number of hydrogen-bond donors (Lipinski definition) is 0. The quantitative estimate of drug-likeness (QED) is 0.853. The van der Waals surface area contributed by atoms with Gasteiger partial charge in [-0.2, -0.15) is 5.26 Å². The van der Waals surface area contributed by atoms with E-state index in [1.54, 1.807) is 23.3 Å². The van der Waals surface area contributed by atoms with Crippen molar-refractivity contribution in [2.24, 2.45) is 5.41 Å². The zero-order valence-electron chi connectivity index (χ0n) is 11.5. The molecule has 1 heterocycles. The smallest absolute Gasteiger partial charge is 0.243 e. The summed E-state index contributed by atoms with van der Waals surface area (Å²) in [4.78, 5) is 18.6. The molecule has 5 heteroatoms. The third kappa shape index (κ3) is 2.95. The molecule has 1 aromatic heterocycles. The van der Waals surface area contributed by atoms with E-state index in [0.717, 1.165) is 30.0 Å². The predicted octanol–water partition coefficient (Wildman–Crippen LogP) is 2.88. The Kier molecular flexibility index (Phi) is 4.20. The molecule has 1 saturated carbocycles. The molecule has 0 bridgehead atoms. The van der Waals surface area contributed by atoms with Gasteiger partial charge in [-0.25, -0.2) is 4.98 Å². The van der Waals surface area contributed by atoms with Gasteiger partial charge in [0.2, 0.25) is 5.91 Å². The second-order valence-corrected chi connectivity index (χ2v) is 6.34. The predicted molar refractivity (Wildman–Crippen MR) is 74.5 cm³/mol. The zero-order valence-corrected chi connectivity index (χ0v) is 12.3. The van der Waals surface area contributed by atoms with Gasteiger partial charge >= 0.3 is 0 Å². The number of amides is 1. The highest BCUT2D eigenvalue weighted by molar-refractivity contribution is 7.09. The third-order valence-electron chi connectivity index (χ3n) is 3.74. The average Bonchev–Trinajstić information content (AvgIpc) is 2.84. The molecule has 4 nitrogen and oxygen atoms in total. The van der Waals surface area contributed by atoms with E-state index < -0.39 is 5.41 Å². The van der Waals surface area contributed by atoms with E-state index in [2.05, 4.69) is 11.1 Å². The third-order valence-corrected chi connectivity index (χ3v) is 4.57. The van der Waals surface area contributed by atoms with Gasteiger partial charge in [0.05, 0.1) is 23.3 Å². The fourth-order valence-corrected chi connectivity index (χ4v) is 3.29. The van der Waals surface area contributed by atoms with Crippen molar-refractivity contribution in [2.75, 3.05) is 7.05 Å². The molecule has 19 heavy (non-hydrogen) atoms. The first-order valence-corrected chi connectivity index (χ1v) is 7.53. The van der Waals surface area contributed by atoms with Crippen LogP contribution in [0.25, 0.3) is 0 Å². The molecule has 0 unspecified atom stereocenters. The lowest BCUT2D eigenvalue weighted by molar-refractivity contribution is -0.139. The number of hydrogen-bond acceptors (Lipinski definition) is 4. The van der Waals surface area contributed by atoms with Crippen LogP contribution in [-0.2, 0) is 11.3 Å². The minimum atomic E-state index is -0.794. The summed E-state index contributed by atoms with van der Waals surface area (Å²) in [6.45, 7) is 2.44. The van der Waals surface area contributed by atoms with E-state index in [0.29, 0.717) is 19.4 Å². The van der Waals surface area contributed by atoms with E-state index in [9.17, 15) is 10.1 Å². The lowest BCUT2D eigenvalue weighted by Crippen LogP contribution is -2.42. The largest absolute Gasteiger partial charge is 0.338 e.